The number of carbonyl (C=O) groups is 1. The van der Waals surface area contributed by atoms with Crippen molar-refractivity contribution < 1.29 is 14.5 Å². The SMILES string of the molecule is C[C@H]1COc2ccccc2CN1C(=O)Cc1ccccc1[N+](=O)[O-]. The number of carbonyl (C=O) groups excluding carboxylic acids is 1. The molecule has 124 valence electrons. The molecular weight excluding hydrogens is 308 g/mol. The van der Waals surface area contributed by atoms with Crippen LogP contribution in [0.2, 0.25) is 0 Å². The molecule has 24 heavy (non-hydrogen) atoms. The van der Waals surface area contributed by atoms with Crippen molar-refractivity contribution in [3.8, 4) is 5.75 Å². The number of rotatable bonds is 3. The second-order valence-corrected chi connectivity index (χ2v) is 5.85. The fourth-order valence-corrected chi connectivity index (χ4v) is 2.85. The number of hydrogen-bond donors (Lipinski definition) is 0. The predicted molar refractivity (Wildman–Crippen MR) is 88.7 cm³/mol. The standard InChI is InChI=1S/C18H18N2O4/c1-13-12-24-17-9-5-3-7-15(17)11-19(13)18(21)10-14-6-2-4-8-16(14)20(22)23/h2-9,13H,10-12H2,1H3/t13-/m0/s1. The molecule has 2 aromatic rings. The molecule has 0 fully saturated rings. The van der Waals surface area contributed by atoms with Crippen molar-refractivity contribution in [2.24, 2.45) is 0 Å². The van der Waals surface area contributed by atoms with Crippen LogP contribution in [-0.4, -0.2) is 28.4 Å². The number of nitro groups is 1. The quantitative estimate of drug-likeness (QED) is 0.642. The topological polar surface area (TPSA) is 72.7 Å². The molecule has 0 radical (unpaired) electrons. The van der Waals surface area contributed by atoms with Gasteiger partial charge in [0.05, 0.1) is 17.4 Å². The van der Waals surface area contributed by atoms with E-state index in [4.69, 9.17) is 4.74 Å². The predicted octanol–water partition coefficient (Wildman–Crippen LogP) is 2.95. The van der Waals surface area contributed by atoms with Crippen LogP contribution in [0.3, 0.4) is 0 Å². The molecule has 0 unspecified atom stereocenters. The summed E-state index contributed by atoms with van der Waals surface area (Å²) < 4.78 is 5.75. The Kier molecular flexibility index (Phi) is 4.46. The number of amides is 1. The molecule has 1 atom stereocenters. The van der Waals surface area contributed by atoms with Crippen LogP contribution in [0.4, 0.5) is 5.69 Å². The zero-order valence-corrected chi connectivity index (χ0v) is 13.3. The number of ether oxygens (including phenoxy) is 1. The molecule has 6 nitrogen and oxygen atoms in total. The molecule has 1 aliphatic heterocycles. The van der Waals surface area contributed by atoms with Gasteiger partial charge >= 0.3 is 0 Å². The van der Waals surface area contributed by atoms with Gasteiger partial charge < -0.3 is 9.64 Å². The average Bonchev–Trinajstić information content (AvgIpc) is 2.74. The van der Waals surface area contributed by atoms with E-state index >= 15 is 0 Å². The smallest absolute Gasteiger partial charge is 0.273 e. The lowest BCUT2D eigenvalue weighted by atomic mass is 10.1. The molecule has 0 aromatic heterocycles. The molecule has 0 saturated carbocycles. The number of fused-ring (bicyclic) bond motifs is 1. The molecule has 0 saturated heterocycles. The van der Waals surface area contributed by atoms with E-state index in [9.17, 15) is 14.9 Å². The van der Waals surface area contributed by atoms with Crippen LogP contribution < -0.4 is 4.74 Å². The number of nitrogens with zero attached hydrogens (tertiary/aromatic N) is 2. The molecule has 2 aromatic carbocycles. The van der Waals surface area contributed by atoms with Gasteiger partial charge in [0.15, 0.2) is 0 Å². The molecule has 0 spiro atoms. The largest absolute Gasteiger partial charge is 0.491 e. The molecule has 0 bridgehead atoms. The van der Waals surface area contributed by atoms with E-state index in [0.29, 0.717) is 18.7 Å². The molecule has 0 aliphatic carbocycles. The lowest BCUT2D eigenvalue weighted by molar-refractivity contribution is -0.385. The summed E-state index contributed by atoms with van der Waals surface area (Å²) in [5.41, 5.74) is 1.35. The lowest BCUT2D eigenvalue weighted by Gasteiger charge is -2.26. The molecule has 1 heterocycles. The number of para-hydroxylation sites is 2. The van der Waals surface area contributed by atoms with Crippen molar-refractivity contribution in [2.75, 3.05) is 6.61 Å². The normalized spacial score (nSPS) is 16.7. The first kappa shape index (κ1) is 16.0. The monoisotopic (exact) mass is 326 g/mol. The molecule has 1 aliphatic rings. The summed E-state index contributed by atoms with van der Waals surface area (Å²) in [6.07, 6.45) is 0.00363. The van der Waals surface area contributed by atoms with Gasteiger partial charge in [-0.05, 0) is 13.0 Å². The first-order valence-electron chi connectivity index (χ1n) is 7.78. The first-order valence-corrected chi connectivity index (χ1v) is 7.78. The second-order valence-electron chi connectivity index (χ2n) is 5.85. The van der Waals surface area contributed by atoms with Crippen molar-refractivity contribution in [1.29, 1.82) is 0 Å². The minimum Gasteiger partial charge on any atom is -0.491 e. The van der Waals surface area contributed by atoms with Crippen molar-refractivity contribution >= 4 is 11.6 Å². The summed E-state index contributed by atoms with van der Waals surface area (Å²) >= 11 is 0. The highest BCUT2D eigenvalue weighted by Gasteiger charge is 2.27. The summed E-state index contributed by atoms with van der Waals surface area (Å²) in [7, 11) is 0. The Bertz CT molecular complexity index is 775. The second kappa shape index (κ2) is 6.70. The van der Waals surface area contributed by atoms with Gasteiger partial charge in [-0.1, -0.05) is 36.4 Å². The highest BCUT2D eigenvalue weighted by atomic mass is 16.6. The van der Waals surface area contributed by atoms with Gasteiger partial charge in [-0.25, -0.2) is 0 Å². The zero-order valence-electron chi connectivity index (χ0n) is 13.3. The third-order valence-corrected chi connectivity index (χ3v) is 4.18. The summed E-state index contributed by atoms with van der Waals surface area (Å²) in [5.74, 6) is 0.641. The van der Waals surface area contributed by atoms with Gasteiger partial charge in [0, 0.05) is 23.7 Å². The fourth-order valence-electron chi connectivity index (χ4n) is 2.85. The maximum absolute atomic E-state index is 12.8. The van der Waals surface area contributed by atoms with Crippen LogP contribution in [0.5, 0.6) is 5.75 Å². The van der Waals surface area contributed by atoms with Gasteiger partial charge in [0.25, 0.3) is 5.69 Å². The lowest BCUT2D eigenvalue weighted by Crippen LogP contribution is -2.40. The van der Waals surface area contributed by atoms with Gasteiger partial charge in [0.2, 0.25) is 5.91 Å². The van der Waals surface area contributed by atoms with Gasteiger partial charge in [-0.2, -0.15) is 0 Å². The van der Waals surface area contributed by atoms with E-state index in [0.717, 1.165) is 11.3 Å². The Labute approximate surface area is 139 Å². The Morgan fingerprint density at radius 3 is 2.75 bits per heavy atom. The third-order valence-electron chi connectivity index (χ3n) is 4.18. The van der Waals surface area contributed by atoms with Gasteiger partial charge in [-0.15, -0.1) is 0 Å². The van der Waals surface area contributed by atoms with Crippen molar-refractivity contribution in [3.05, 3.63) is 69.8 Å². The van der Waals surface area contributed by atoms with Crippen LogP contribution in [0.25, 0.3) is 0 Å². The number of benzene rings is 2. The van der Waals surface area contributed by atoms with Crippen LogP contribution in [-0.2, 0) is 17.8 Å². The van der Waals surface area contributed by atoms with Crippen LogP contribution in [0.15, 0.2) is 48.5 Å². The van der Waals surface area contributed by atoms with Crippen molar-refractivity contribution in [3.63, 3.8) is 0 Å². The minimum absolute atomic E-state index is 0.00363. The summed E-state index contributed by atoms with van der Waals surface area (Å²) in [6, 6.07) is 13.9. The molecule has 3 rings (SSSR count). The van der Waals surface area contributed by atoms with E-state index in [1.165, 1.54) is 6.07 Å². The molecule has 1 amide bonds. The highest BCUT2D eigenvalue weighted by molar-refractivity contribution is 5.80. The summed E-state index contributed by atoms with van der Waals surface area (Å²) in [4.78, 5) is 25.2. The first-order chi connectivity index (χ1) is 11.6. The zero-order chi connectivity index (χ0) is 17.1. The van der Waals surface area contributed by atoms with E-state index < -0.39 is 4.92 Å². The van der Waals surface area contributed by atoms with Gasteiger partial charge in [0.1, 0.15) is 12.4 Å². The van der Waals surface area contributed by atoms with Crippen LogP contribution >= 0.6 is 0 Å². The van der Waals surface area contributed by atoms with Crippen LogP contribution in [0.1, 0.15) is 18.1 Å². The Balaban J connectivity index is 1.83. The Morgan fingerprint density at radius 1 is 1.25 bits per heavy atom. The molecule has 0 N–H and O–H groups in total. The van der Waals surface area contributed by atoms with E-state index in [1.807, 2.05) is 31.2 Å². The van der Waals surface area contributed by atoms with E-state index in [1.54, 1.807) is 23.1 Å². The van der Waals surface area contributed by atoms with Crippen LogP contribution in [0, 0.1) is 10.1 Å². The minimum atomic E-state index is -0.452. The summed E-state index contributed by atoms with van der Waals surface area (Å²) in [5, 5.41) is 11.1. The molecular formula is C18H18N2O4. The number of hydrogen-bond acceptors (Lipinski definition) is 4. The van der Waals surface area contributed by atoms with Crippen molar-refractivity contribution in [1.82, 2.24) is 4.90 Å². The maximum atomic E-state index is 12.8. The summed E-state index contributed by atoms with van der Waals surface area (Å²) in [6.45, 7) is 2.76. The Morgan fingerprint density at radius 2 is 1.96 bits per heavy atom. The average molecular weight is 326 g/mol. The number of nitro benzene ring substituents is 1. The fraction of sp³-hybridized carbons (Fsp3) is 0.278. The highest BCUT2D eigenvalue weighted by Crippen LogP contribution is 2.26. The van der Waals surface area contributed by atoms with Crippen molar-refractivity contribution in [2.45, 2.75) is 25.9 Å². The van der Waals surface area contributed by atoms with E-state index in [-0.39, 0.29) is 24.1 Å². The Hall–Kier alpha value is -2.89. The van der Waals surface area contributed by atoms with E-state index in [2.05, 4.69) is 0 Å². The third kappa shape index (κ3) is 3.22. The van der Waals surface area contributed by atoms with Gasteiger partial charge in [-0.3, -0.25) is 14.9 Å². The maximum Gasteiger partial charge on any atom is 0.273 e. The molecule has 6 heteroatoms.